The number of phosphoric ester groups is 1. The molecule has 0 aromatic rings. The minimum atomic E-state index is -4.30. The van der Waals surface area contributed by atoms with E-state index in [1.54, 1.807) is 0 Å². The van der Waals surface area contributed by atoms with E-state index in [4.69, 9.17) is 24.3 Å². The van der Waals surface area contributed by atoms with Gasteiger partial charge < -0.3 is 20.1 Å². The SMILES string of the molecule is CC/C=C\C/C=C\C/C=C\C/C=C\C/C=C\C/C=C\CCCCCCCCC(=O)OC(COCCCCCCCCCCCCC/C=C\C/C=C\C/C=C\C/C=C\CC)COP(=O)(O)OCCN. The van der Waals surface area contributed by atoms with Crippen LogP contribution in [0.4, 0.5) is 0 Å². The quantitative estimate of drug-likeness (QED) is 0.0268. The van der Waals surface area contributed by atoms with Crippen LogP contribution in [0.1, 0.15) is 206 Å². The third-order valence-corrected chi connectivity index (χ3v) is 11.9. The molecule has 0 radical (unpaired) electrons. The molecule has 8 nitrogen and oxygen atoms in total. The van der Waals surface area contributed by atoms with E-state index in [0.717, 1.165) is 109 Å². The van der Waals surface area contributed by atoms with Gasteiger partial charge in [-0.05, 0) is 103 Å². The highest BCUT2D eigenvalue weighted by molar-refractivity contribution is 7.47. The predicted octanol–water partition coefficient (Wildman–Crippen LogP) is 17.3. The van der Waals surface area contributed by atoms with Gasteiger partial charge in [0.2, 0.25) is 0 Å². The van der Waals surface area contributed by atoms with Crippen LogP contribution in [0.5, 0.6) is 0 Å². The lowest BCUT2D eigenvalue weighted by atomic mass is 10.1. The van der Waals surface area contributed by atoms with Crippen molar-refractivity contribution >= 4 is 13.8 Å². The van der Waals surface area contributed by atoms with Crippen LogP contribution in [0.25, 0.3) is 0 Å². The van der Waals surface area contributed by atoms with E-state index in [2.05, 4.69) is 135 Å². The van der Waals surface area contributed by atoms with Gasteiger partial charge in [0.15, 0.2) is 0 Å². The van der Waals surface area contributed by atoms with Gasteiger partial charge >= 0.3 is 13.8 Å². The number of nitrogens with two attached hydrogens (primary N) is 1. The smallest absolute Gasteiger partial charge is 0.457 e. The summed E-state index contributed by atoms with van der Waals surface area (Å²) in [6, 6.07) is 0. The second-order valence-corrected chi connectivity index (χ2v) is 18.8. The third kappa shape index (κ3) is 53.8. The number of carbonyl (C=O) groups is 1. The molecule has 0 amide bonds. The first kappa shape index (κ1) is 64.9. The zero-order chi connectivity index (χ0) is 49.4. The number of hydrogen-bond acceptors (Lipinski definition) is 7. The zero-order valence-electron chi connectivity index (χ0n) is 43.3. The van der Waals surface area contributed by atoms with Crippen molar-refractivity contribution < 1.29 is 32.8 Å². The molecule has 0 heterocycles. The number of phosphoric acid groups is 1. The number of carbonyl (C=O) groups excluding carboxylic acids is 1. The van der Waals surface area contributed by atoms with Crippen LogP contribution in [0.3, 0.4) is 0 Å². The average molecular weight is 966 g/mol. The van der Waals surface area contributed by atoms with Crippen LogP contribution in [0.15, 0.2) is 122 Å². The summed E-state index contributed by atoms with van der Waals surface area (Å²) >= 11 is 0. The maximum atomic E-state index is 12.7. The maximum absolute atomic E-state index is 12.7. The molecule has 2 unspecified atom stereocenters. The standard InChI is InChI=1S/C59H100NO7P/c1-3-5-7-9-11-13-15-17-19-21-23-25-27-29-30-32-34-36-38-40-42-44-46-48-50-52-59(61)67-58(57-66-68(62,63)65-55-53-60)56-64-54-51-49-47-45-43-41-39-37-35-33-31-28-26-24-22-20-18-16-14-12-10-8-6-4-2/h5-8,11-14,17-20,23-26,29-30,34,36,58H,3-4,9-10,15-16,21-22,27-28,31-33,35,37-57,60H2,1-2H3,(H,62,63)/b7-5-,8-6-,13-11-,14-12-,19-17-,20-18-,25-23-,26-24-,30-29-,36-34-. The van der Waals surface area contributed by atoms with Gasteiger partial charge in [0, 0.05) is 19.6 Å². The van der Waals surface area contributed by atoms with Crippen molar-refractivity contribution in [2.24, 2.45) is 5.73 Å². The summed E-state index contributed by atoms with van der Waals surface area (Å²) in [7, 11) is -4.30. The van der Waals surface area contributed by atoms with Crippen LogP contribution in [0.2, 0.25) is 0 Å². The highest BCUT2D eigenvalue weighted by atomic mass is 31.2. The van der Waals surface area contributed by atoms with E-state index in [-0.39, 0.29) is 32.3 Å². The molecule has 0 aromatic heterocycles. The summed E-state index contributed by atoms with van der Waals surface area (Å²) in [5, 5.41) is 0. The van der Waals surface area contributed by atoms with Gasteiger partial charge in [0.05, 0.1) is 19.8 Å². The Balaban J connectivity index is 4.00. The summed E-state index contributed by atoms with van der Waals surface area (Å²) < 4.78 is 33.6. The van der Waals surface area contributed by atoms with Gasteiger partial charge in [-0.3, -0.25) is 13.8 Å². The van der Waals surface area contributed by atoms with Crippen LogP contribution in [0, 0.1) is 0 Å². The van der Waals surface area contributed by atoms with Crippen molar-refractivity contribution in [2.75, 3.05) is 33.0 Å². The number of unbranched alkanes of at least 4 members (excludes halogenated alkanes) is 17. The fraction of sp³-hybridized carbons (Fsp3) is 0.644. The molecule has 0 saturated heterocycles. The molecule has 0 aliphatic heterocycles. The topological polar surface area (TPSA) is 117 Å². The summed E-state index contributed by atoms with van der Waals surface area (Å²) in [6.45, 7) is 4.66. The van der Waals surface area contributed by atoms with Gasteiger partial charge in [-0.25, -0.2) is 4.57 Å². The normalized spacial score (nSPS) is 14.2. The van der Waals surface area contributed by atoms with E-state index < -0.39 is 13.9 Å². The Labute approximate surface area is 417 Å². The third-order valence-electron chi connectivity index (χ3n) is 10.9. The predicted molar refractivity (Wildman–Crippen MR) is 293 cm³/mol. The van der Waals surface area contributed by atoms with Crippen molar-refractivity contribution in [3.8, 4) is 0 Å². The number of esters is 1. The number of rotatable bonds is 50. The lowest BCUT2D eigenvalue weighted by Gasteiger charge is -2.20. The molecule has 0 rings (SSSR count). The molecule has 0 aliphatic carbocycles. The fourth-order valence-electron chi connectivity index (χ4n) is 6.99. The number of ether oxygens (including phenoxy) is 2. The van der Waals surface area contributed by atoms with Crippen LogP contribution < -0.4 is 5.73 Å². The lowest BCUT2D eigenvalue weighted by Crippen LogP contribution is -2.28. The maximum Gasteiger partial charge on any atom is 0.472 e. The van der Waals surface area contributed by atoms with E-state index in [9.17, 15) is 14.3 Å². The molecule has 0 fully saturated rings. The Morgan fingerprint density at radius 2 is 0.779 bits per heavy atom. The van der Waals surface area contributed by atoms with Crippen molar-refractivity contribution in [3.63, 3.8) is 0 Å². The van der Waals surface area contributed by atoms with Gasteiger partial charge in [0.1, 0.15) is 6.10 Å². The molecule has 0 spiro atoms. The van der Waals surface area contributed by atoms with Gasteiger partial charge in [-0.1, -0.05) is 219 Å². The van der Waals surface area contributed by atoms with Gasteiger partial charge in [-0.15, -0.1) is 0 Å². The summed E-state index contributed by atoms with van der Waals surface area (Å²) in [5.74, 6) is -0.350. The summed E-state index contributed by atoms with van der Waals surface area (Å²) in [4.78, 5) is 22.6. The molecule has 0 aromatic carbocycles. The largest absolute Gasteiger partial charge is 0.472 e. The van der Waals surface area contributed by atoms with Gasteiger partial charge in [0.25, 0.3) is 0 Å². The highest BCUT2D eigenvalue weighted by Gasteiger charge is 2.25. The van der Waals surface area contributed by atoms with Crippen LogP contribution in [-0.4, -0.2) is 49.9 Å². The Morgan fingerprint density at radius 3 is 1.16 bits per heavy atom. The Morgan fingerprint density at radius 1 is 0.441 bits per heavy atom. The van der Waals surface area contributed by atoms with Gasteiger partial charge in [-0.2, -0.15) is 0 Å². The van der Waals surface area contributed by atoms with E-state index in [1.807, 2.05) is 0 Å². The minimum Gasteiger partial charge on any atom is -0.457 e. The second-order valence-electron chi connectivity index (χ2n) is 17.3. The molecule has 2 atom stereocenters. The molecular formula is C59H100NO7P. The van der Waals surface area contributed by atoms with Crippen LogP contribution in [-0.2, 0) is 27.9 Å². The fourth-order valence-corrected chi connectivity index (χ4v) is 7.76. The Hall–Kier alpha value is -3.10. The summed E-state index contributed by atoms with van der Waals surface area (Å²) in [6.07, 6.45) is 76.6. The van der Waals surface area contributed by atoms with E-state index in [0.29, 0.717) is 13.0 Å². The Bertz CT molecular complexity index is 1460. The summed E-state index contributed by atoms with van der Waals surface area (Å²) in [5.41, 5.74) is 5.40. The molecule has 9 heteroatoms. The van der Waals surface area contributed by atoms with Crippen LogP contribution >= 0.6 is 7.82 Å². The first-order chi connectivity index (χ1) is 33.4. The molecule has 3 N–H and O–H groups in total. The van der Waals surface area contributed by atoms with Crippen molar-refractivity contribution in [1.29, 1.82) is 0 Å². The minimum absolute atomic E-state index is 0.0904. The van der Waals surface area contributed by atoms with E-state index in [1.165, 1.54) is 77.0 Å². The number of hydrogen-bond donors (Lipinski definition) is 2. The molecule has 0 bridgehead atoms. The lowest BCUT2D eigenvalue weighted by molar-refractivity contribution is -0.154. The molecular weight excluding hydrogens is 866 g/mol. The second kappa shape index (κ2) is 54.8. The zero-order valence-corrected chi connectivity index (χ0v) is 44.2. The first-order valence-corrected chi connectivity index (χ1v) is 28.5. The molecule has 0 saturated carbocycles. The molecule has 68 heavy (non-hydrogen) atoms. The van der Waals surface area contributed by atoms with Crippen molar-refractivity contribution in [2.45, 2.75) is 213 Å². The number of allylic oxidation sites excluding steroid dienone is 20. The molecule has 388 valence electrons. The highest BCUT2D eigenvalue weighted by Crippen LogP contribution is 2.43. The van der Waals surface area contributed by atoms with Crippen molar-refractivity contribution in [1.82, 2.24) is 0 Å². The average Bonchev–Trinajstić information content (AvgIpc) is 3.33. The van der Waals surface area contributed by atoms with Crippen molar-refractivity contribution in [3.05, 3.63) is 122 Å². The van der Waals surface area contributed by atoms with E-state index >= 15 is 0 Å². The molecule has 0 aliphatic rings. The monoisotopic (exact) mass is 966 g/mol. The Kier molecular flexibility index (Phi) is 52.3. The first-order valence-electron chi connectivity index (χ1n) is 27.0.